The summed E-state index contributed by atoms with van der Waals surface area (Å²) < 4.78 is 15.9. The lowest BCUT2D eigenvalue weighted by atomic mass is 10.1. The van der Waals surface area contributed by atoms with Crippen LogP contribution in [0.1, 0.15) is 23.2 Å². The molecule has 1 aromatic heterocycles. The zero-order valence-corrected chi connectivity index (χ0v) is 14.9. The van der Waals surface area contributed by atoms with Crippen molar-refractivity contribution in [3.63, 3.8) is 0 Å². The number of aryl methyl sites for hydroxylation is 1. The first-order valence-electron chi connectivity index (χ1n) is 8.10. The molecule has 9 nitrogen and oxygen atoms in total. The first kappa shape index (κ1) is 18.2. The molecule has 1 amide bonds. The van der Waals surface area contributed by atoms with E-state index < -0.39 is 10.8 Å². The molecule has 0 spiro atoms. The summed E-state index contributed by atoms with van der Waals surface area (Å²) in [4.78, 5) is 27.6. The van der Waals surface area contributed by atoms with Crippen LogP contribution in [0.2, 0.25) is 0 Å². The highest BCUT2D eigenvalue weighted by molar-refractivity contribution is 6.08. The normalized spacial score (nSPS) is 10.6. The lowest BCUT2D eigenvalue weighted by Crippen LogP contribution is -2.14. The topological polar surface area (TPSA) is 117 Å². The van der Waals surface area contributed by atoms with E-state index in [1.54, 1.807) is 32.0 Å². The van der Waals surface area contributed by atoms with Crippen molar-refractivity contribution in [1.29, 1.82) is 0 Å². The molecule has 27 heavy (non-hydrogen) atoms. The lowest BCUT2D eigenvalue weighted by Gasteiger charge is -2.12. The molecule has 0 saturated carbocycles. The van der Waals surface area contributed by atoms with E-state index in [2.05, 4.69) is 10.3 Å². The number of oxazole rings is 1. The number of anilines is 1. The molecule has 0 fully saturated rings. The second-order valence-electron chi connectivity index (χ2n) is 5.58. The van der Waals surface area contributed by atoms with Crippen molar-refractivity contribution in [2.75, 3.05) is 19.0 Å². The Morgan fingerprint density at radius 1 is 1.30 bits per heavy atom. The summed E-state index contributed by atoms with van der Waals surface area (Å²) in [6.07, 6.45) is 0. The summed E-state index contributed by atoms with van der Waals surface area (Å²) in [5.74, 6) is 0.279. The number of aromatic nitrogens is 1. The second-order valence-corrected chi connectivity index (χ2v) is 5.58. The number of hydrogen-bond acceptors (Lipinski definition) is 7. The Hall–Kier alpha value is -3.62. The molecule has 9 heteroatoms. The first-order valence-corrected chi connectivity index (χ1v) is 8.10. The zero-order valence-electron chi connectivity index (χ0n) is 14.9. The lowest BCUT2D eigenvalue weighted by molar-refractivity contribution is -0.385. The number of amides is 1. The average Bonchev–Trinajstić information content (AvgIpc) is 3.00. The van der Waals surface area contributed by atoms with Gasteiger partial charge < -0.3 is 19.2 Å². The monoisotopic (exact) mass is 371 g/mol. The molecule has 0 atom stereocenters. The van der Waals surface area contributed by atoms with Crippen LogP contribution in [-0.2, 0) is 0 Å². The number of methoxy groups -OCH3 is 1. The molecule has 0 aliphatic carbocycles. The van der Waals surface area contributed by atoms with Crippen LogP contribution in [0.15, 0.2) is 34.7 Å². The first-order chi connectivity index (χ1) is 12.9. The van der Waals surface area contributed by atoms with Crippen molar-refractivity contribution in [2.24, 2.45) is 0 Å². The van der Waals surface area contributed by atoms with Crippen LogP contribution < -0.4 is 14.8 Å². The van der Waals surface area contributed by atoms with Gasteiger partial charge in [0.1, 0.15) is 11.1 Å². The summed E-state index contributed by atoms with van der Waals surface area (Å²) in [6, 6.07) is 7.39. The molecule has 0 aliphatic heterocycles. The molecule has 140 valence electrons. The van der Waals surface area contributed by atoms with Gasteiger partial charge in [-0.3, -0.25) is 14.9 Å². The largest absolute Gasteiger partial charge is 0.493 e. The van der Waals surface area contributed by atoms with Crippen molar-refractivity contribution in [3.05, 3.63) is 51.9 Å². The van der Waals surface area contributed by atoms with E-state index in [0.29, 0.717) is 29.3 Å². The fourth-order valence-electron chi connectivity index (χ4n) is 2.63. The van der Waals surface area contributed by atoms with E-state index in [4.69, 9.17) is 13.9 Å². The molecule has 3 aromatic rings. The van der Waals surface area contributed by atoms with Gasteiger partial charge in [0.05, 0.1) is 24.7 Å². The molecule has 0 bridgehead atoms. The molecule has 0 radical (unpaired) electrons. The molecule has 0 saturated heterocycles. The van der Waals surface area contributed by atoms with E-state index in [0.717, 1.165) is 0 Å². The van der Waals surface area contributed by atoms with Gasteiger partial charge in [-0.1, -0.05) is 0 Å². The minimum Gasteiger partial charge on any atom is -0.493 e. The van der Waals surface area contributed by atoms with E-state index in [9.17, 15) is 14.9 Å². The highest BCUT2D eigenvalue weighted by atomic mass is 16.6. The van der Waals surface area contributed by atoms with E-state index >= 15 is 0 Å². The Morgan fingerprint density at radius 3 is 2.74 bits per heavy atom. The van der Waals surface area contributed by atoms with Gasteiger partial charge in [-0.15, -0.1) is 0 Å². The minimum absolute atomic E-state index is 0.142. The van der Waals surface area contributed by atoms with Gasteiger partial charge >= 0.3 is 0 Å². The van der Waals surface area contributed by atoms with Gasteiger partial charge in [0, 0.05) is 18.7 Å². The van der Waals surface area contributed by atoms with Crippen LogP contribution in [0.25, 0.3) is 11.1 Å². The predicted octanol–water partition coefficient (Wildman–Crippen LogP) is 3.70. The maximum atomic E-state index is 12.7. The van der Waals surface area contributed by atoms with Gasteiger partial charge in [0.25, 0.3) is 11.6 Å². The second kappa shape index (κ2) is 7.32. The number of nitro groups is 1. The number of benzene rings is 2. The number of ether oxygens (including phenoxy) is 2. The van der Waals surface area contributed by atoms with Crippen molar-refractivity contribution in [2.45, 2.75) is 13.8 Å². The Balaban J connectivity index is 1.97. The van der Waals surface area contributed by atoms with Gasteiger partial charge in [0.15, 0.2) is 23.0 Å². The Bertz CT molecular complexity index is 1030. The maximum Gasteiger partial charge on any atom is 0.286 e. The molecule has 3 rings (SSSR count). The van der Waals surface area contributed by atoms with E-state index in [1.165, 1.54) is 19.2 Å². The quantitative estimate of drug-likeness (QED) is 0.518. The Kier molecular flexibility index (Phi) is 4.93. The number of hydrogen-bond donors (Lipinski definition) is 1. The fraction of sp³-hybridized carbons (Fsp3) is 0.222. The third-order valence-corrected chi connectivity index (χ3v) is 3.78. The van der Waals surface area contributed by atoms with Crippen molar-refractivity contribution >= 4 is 28.4 Å². The fourth-order valence-corrected chi connectivity index (χ4v) is 2.63. The predicted molar refractivity (Wildman–Crippen MR) is 97.5 cm³/mol. The number of nitrogens with one attached hydrogen (secondary N) is 1. The van der Waals surface area contributed by atoms with Crippen LogP contribution in [0.4, 0.5) is 11.4 Å². The van der Waals surface area contributed by atoms with Gasteiger partial charge in [-0.2, -0.15) is 0 Å². The van der Waals surface area contributed by atoms with Gasteiger partial charge in [-0.25, -0.2) is 4.98 Å². The summed E-state index contributed by atoms with van der Waals surface area (Å²) >= 11 is 0. The molecular formula is C18H17N3O6. The van der Waals surface area contributed by atoms with Crippen molar-refractivity contribution in [3.8, 4) is 11.5 Å². The molecular weight excluding hydrogens is 354 g/mol. The van der Waals surface area contributed by atoms with Crippen LogP contribution in [-0.4, -0.2) is 29.5 Å². The number of carbonyl (C=O) groups is 1. The molecule has 1 N–H and O–H groups in total. The number of nitrogens with zero attached hydrogens (tertiary/aromatic N) is 2. The van der Waals surface area contributed by atoms with Gasteiger partial charge in [-0.05, 0) is 25.1 Å². The van der Waals surface area contributed by atoms with Gasteiger partial charge in [0.2, 0.25) is 0 Å². The third-order valence-electron chi connectivity index (χ3n) is 3.78. The van der Waals surface area contributed by atoms with Crippen LogP contribution in [0.3, 0.4) is 0 Å². The Morgan fingerprint density at radius 2 is 2.07 bits per heavy atom. The summed E-state index contributed by atoms with van der Waals surface area (Å²) in [5, 5.41) is 14.1. The van der Waals surface area contributed by atoms with Crippen molar-refractivity contribution in [1.82, 2.24) is 4.98 Å². The summed E-state index contributed by atoms with van der Waals surface area (Å²) in [5.41, 5.74) is 1.07. The average molecular weight is 371 g/mol. The van der Waals surface area contributed by atoms with E-state index in [-0.39, 0.29) is 22.7 Å². The summed E-state index contributed by atoms with van der Waals surface area (Å²) in [7, 11) is 1.40. The Labute approximate surface area is 154 Å². The number of carbonyl (C=O) groups excluding carboxylic acids is 1. The third kappa shape index (κ3) is 3.66. The smallest absolute Gasteiger partial charge is 0.286 e. The summed E-state index contributed by atoms with van der Waals surface area (Å²) in [6.45, 7) is 3.76. The number of nitro benzene ring substituents is 1. The van der Waals surface area contributed by atoms with Crippen LogP contribution in [0.5, 0.6) is 11.5 Å². The molecule has 0 aliphatic rings. The zero-order chi connectivity index (χ0) is 19.6. The molecule has 1 heterocycles. The highest BCUT2D eigenvalue weighted by Gasteiger charge is 2.25. The SMILES string of the molecule is CCOc1cc([N+](=O)[O-])c(C(=O)Nc2ccc3oc(C)nc3c2)cc1OC. The number of rotatable bonds is 6. The van der Waals surface area contributed by atoms with Crippen LogP contribution in [0, 0.1) is 17.0 Å². The standard InChI is InChI=1S/C18H17N3O6/c1-4-26-17-9-14(21(23)24)12(8-16(17)25-3)18(22)20-11-5-6-15-13(7-11)19-10(2)27-15/h5-9H,4H2,1-3H3,(H,20,22). The molecule has 0 unspecified atom stereocenters. The maximum absolute atomic E-state index is 12.7. The minimum atomic E-state index is -0.650. The van der Waals surface area contributed by atoms with Crippen molar-refractivity contribution < 1.29 is 23.6 Å². The highest BCUT2D eigenvalue weighted by Crippen LogP contribution is 2.35. The molecule has 2 aromatic carbocycles. The van der Waals surface area contributed by atoms with E-state index in [1.807, 2.05) is 0 Å². The van der Waals surface area contributed by atoms with Crippen LogP contribution >= 0.6 is 0 Å². The number of fused-ring (bicyclic) bond motifs is 1.